The monoisotopic (exact) mass is 252 g/mol. The minimum Gasteiger partial charge on any atom is -0.389 e. The number of hydrogen-bond donors (Lipinski definition) is 1. The van der Waals surface area contributed by atoms with Crippen molar-refractivity contribution in [1.82, 2.24) is 0 Å². The van der Waals surface area contributed by atoms with Gasteiger partial charge in [0.2, 0.25) is 0 Å². The lowest BCUT2D eigenvalue weighted by Crippen LogP contribution is -2.51. The molecule has 0 bridgehead atoms. The van der Waals surface area contributed by atoms with E-state index in [4.69, 9.17) is 0 Å². The lowest BCUT2D eigenvalue weighted by atomic mass is 9.57. The highest BCUT2D eigenvalue weighted by atomic mass is 16.3. The van der Waals surface area contributed by atoms with Crippen LogP contribution < -0.4 is 0 Å². The highest BCUT2D eigenvalue weighted by Gasteiger charge is 2.52. The van der Waals surface area contributed by atoms with Crippen LogP contribution >= 0.6 is 0 Å². The van der Waals surface area contributed by atoms with Crippen LogP contribution in [0.5, 0.6) is 0 Å². The second kappa shape index (κ2) is 5.94. The van der Waals surface area contributed by atoms with E-state index >= 15 is 0 Å². The maximum absolute atomic E-state index is 11.3. The van der Waals surface area contributed by atoms with E-state index in [-0.39, 0.29) is 5.41 Å². The molecule has 1 heteroatoms. The molecular formula is C17H32O. The van der Waals surface area contributed by atoms with Crippen molar-refractivity contribution in [3.8, 4) is 0 Å². The Bertz CT molecular complexity index is 240. The van der Waals surface area contributed by atoms with Gasteiger partial charge in [-0.3, -0.25) is 0 Å². The molecule has 2 saturated carbocycles. The largest absolute Gasteiger partial charge is 0.389 e. The zero-order valence-corrected chi connectivity index (χ0v) is 12.5. The predicted octanol–water partition coefficient (Wildman–Crippen LogP) is 5.07. The molecule has 0 saturated heterocycles. The van der Waals surface area contributed by atoms with Gasteiger partial charge in [-0.15, -0.1) is 0 Å². The third kappa shape index (κ3) is 2.35. The van der Waals surface area contributed by atoms with Crippen LogP contribution in [0, 0.1) is 11.3 Å². The number of rotatable bonds is 4. The fourth-order valence-corrected chi connectivity index (χ4v) is 5.05. The second-order valence-corrected chi connectivity index (χ2v) is 6.79. The Balaban J connectivity index is 2.30. The van der Waals surface area contributed by atoms with E-state index in [9.17, 15) is 5.11 Å². The van der Waals surface area contributed by atoms with E-state index < -0.39 is 5.60 Å². The lowest BCUT2D eigenvalue weighted by Gasteiger charge is -2.51. The first-order valence-corrected chi connectivity index (χ1v) is 8.41. The Labute approximate surface area is 113 Å². The van der Waals surface area contributed by atoms with Crippen LogP contribution in [-0.4, -0.2) is 10.7 Å². The van der Waals surface area contributed by atoms with E-state index in [1.165, 1.54) is 64.2 Å². The van der Waals surface area contributed by atoms with Gasteiger partial charge in [0.05, 0.1) is 5.60 Å². The molecular weight excluding hydrogens is 220 g/mol. The molecule has 1 nitrogen and oxygen atoms in total. The molecule has 0 aromatic carbocycles. The molecule has 0 heterocycles. The smallest absolute Gasteiger partial charge is 0.0701 e. The van der Waals surface area contributed by atoms with Gasteiger partial charge >= 0.3 is 0 Å². The topological polar surface area (TPSA) is 20.2 Å². The van der Waals surface area contributed by atoms with E-state index in [2.05, 4.69) is 13.8 Å². The number of aliphatic hydroxyl groups is 1. The van der Waals surface area contributed by atoms with Gasteiger partial charge in [0, 0.05) is 5.41 Å². The molecule has 0 unspecified atom stereocenters. The summed E-state index contributed by atoms with van der Waals surface area (Å²) in [7, 11) is 0. The Hall–Kier alpha value is -0.0400. The Kier molecular flexibility index (Phi) is 4.75. The van der Waals surface area contributed by atoms with Crippen LogP contribution in [0.4, 0.5) is 0 Å². The molecule has 0 aliphatic heterocycles. The van der Waals surface area contributed by atoms with Crippen LogP contribution in [0.25, 0.3) is 0 Å². The van der Waals surface area contributed by atoms with Gasteiger partial charge in [-0.2, -0.15) is 0 Å². The molecule has 2 aliphatic rings. The van der Waals surface area contributed by atoms with Crippen LogP contribution in [-0.2, 0) is 0 Å². The fourth-order valence-electron chi connectivity index (χ4n) is 5.05. The maximum Gasteiger partial charge on any atom is 0.0701 e. The minimum absolute atomic E-state index is 0.253. The molecule has 0 spiro atoms. The van der Waals surface area contributed by atoms with Gasteiger partial charge < -0.3 is 5.11 Å². The SMILES string of the molecule is CCC(O)(CC)C1(C2CCCC2)CCCCCC1. The van der Waals surface area contributed by atoms with Crippen LogP contribution in [0.3, 0.4) is 0 Å². The first-order chi connectivity index (χ1) is 8.68. The van der Waals surface area contributed by atoms with Crippen LogP contribution in [0.15, 0.2) is 0 Å². The van der Waals surface area contributed by atoms with Crippen molar-refractivity contribution in [2.24, 2.45) is 11.3 Å². The third-order valence-corrected chi connectivity index (χ3v) is 6.23. The van der Waals surface area contributed by atoms with E-state index in [0.29, 0.717) is 0 Å². The van der Waals surface area contributed by atoms with Crippen LogP contribution in [0.2, 0.25) is 0 Å². The zero-order valence-electron chi connectivity index (χ0n) is 12.5. The molecule has 2 fully saturated rings. The molecule has 0 atom stereocenters. The summed E-state index contributed by atoms with van der Waals surface area (Å²) >= 11 is 0. The molecule has 2 rings (SSSR count). The Morgan fingerprint density at radius 1 is 0.889 bits per heavy atom. The Morgan fingerprint density at radius 2 is 1.39 bits per heavy atom. The van der Waals surface area contributed by atoms with Gasteiger partial charge in [0.1, 0.15) is 0 Å². The minimum atomic E-state index is -0.396. The summed E-state index contributed by atoms with van der Waals surface area (Å²) in [5.41, 5.74) is -0.143. The standard InChI is InChI=1S/C17H32O/c1-3-17(18,4-2)16(15-11-7-8-12-15)13-9-5-6-10-14-16/h15,18H,3-14H2,1-2H3. The van der Waals surface area contributed by atoms with E-state index in [1.807, 2.05) is 0 Å². The summed E-state index contributed by atoms with van der Waals surface area (Å²) in [6, 6.07) is 0. The quantitative estimate of drug-likeness (QED) is 0.693. The normalized spacial score (nSPS) is 26.2. The lowest BCUT2D eigenvalue weighted by molar-refractivity contribution is -0.130. The molecule has 0 radical (unpaired) electrons. The number of hydrogen-bond acceptors (Lipinski definition) is 1. The van der Waals surface area contributed by atoms with Crippen molar-refractivity contribution < 1.29 is 5.11 Å². The summed E-state index contributed by atoms with van der Waals surface area (Å²) in [5, 5.41) is 11.3. The molecule has 0 aromatic rings. The summed E-state index contributed by atoms with van der Waals surface area (Å²) in [6.45, 7) is 4.40. The van der Waals surface area contributed by atoms with Gasteiger partial charge in [-0.05, 0) is 44.4 Å². The van der Waals surface area contributed by atoms with Crippen molar-refractivity contribution in [3.63, 3.8) is 0 Å². The summed E-state index contributed by atoms with van der Waals surface area (Å²) in [5.74, 6) is 0.806. The summed E-state index contributed by atoms with van der Waals surface area (Å²) in [6.07, 6.45) is 15.5. The van der Waals surface area contributed by atoms with Gasteiger partial charge in [-0.1, -0.05) is 52.4 Å². The Morgan fingerprint density at radius 3 is 1.83 bits per heavy atom. The van der Waals surface area contributed by atoms with E-state index in [0.717, 1.165) is 18.8 Å². The van der Waals surface area contributed by atoms with Crippen molar-refractivity contribution in [1.29, 1.82) is 0 Å². The van der Waals surface area contributed by atoms with Crippen molar-refractivity contribution in [3.05, 3.63) is 0 Å². The van der Waals surface area contributed by atoms with Crippen molar-refractivity contribution >= 4 is 0 Å². The highest BCUT2D eigenvalue weighted by molar-refractivity contribution is 5.03. The van der Waals surface area contributed by atoms with Crippen molar-refractivity contribution in [2.75, 3.05) is 0 Å². The molecule has 2 aliphatic carbocycles. The molecule has 106 valence electrons. The predicted molar refractivity (Wildman–Crippen MR) is 77.6 cm³/mol. The third-order valence-electron chi connectivity index (χ3n) is 6.23. The fraction of sp³-hybridized carbons (Fsp3) is 1.00. The summed E-state index contributed by atoms with van der Waals surface area (Å²) in [4.78, 5) is 0. The van der Waals surface area contributed by atoms with E-state index in [1.54, 1.807) is 0 Å². The second-order valence-electron chi connectivity index (χ2n) is 6.79. The maximum atomic E-state index is 11.3. The molecule has 18 heavy (non-hydrogen) atoms. The molecule has 1 N–H and O–H groups in total. The van der Waals surface area contributed by atoms with Gasteiger partial charge in [0.15, 0.2) is 0 Å². The van der Waals surface area contributed by atoms with Crippen molar-refractivity contribution in [2.45, 2.75) is 96.5 Å². The first-order valence-electron chi connectivity index (χ1n) is 8.41. The van der Waals surface area contributed by atoms with Crippen LogP contribution in [0.1, 0.15) is 90.9 Å². The average Bonchev–Trinajstić information content (AvgIpc) is 2.83. The first kappa shape index (κ1) is 14.4. The molecule has 0 amide bonds. The average molecular weight is 252 g/mol. The molecule has 0 aromatic heterocycles. The van der Waals surface area contributed by atoms with Gasteiger partial charge in [-0.25, -0.2) is 0 Å². The zero-order chi connectivity index (χ0) is 13.1. The summed E-state index contributed by atoms with van der Waals surface area (Å²) < 4.78 is 0. The van der Waals surface area contributed by atoms with Gasteiger partial charge in [0.25, 0.3) is 0 Å². The highest BCUT2D eigenvalue weighted by Crippen LogP contribution is 2.56.